The molecule has 25 heavy (non-hydrogen) atoms. The topological polar surface area (TPSA) is 96.7 Å². The lowest BCUT2D eigenvalue weighted by molar-refractivity contribution is -0.125. The van der Waals surface area contributed by atoms with Gasteiger partial charge in [0.25, 0.3) is 0 Å². The number of fused-ring (bicyclic) bond motifs is 1. The van der Waals surface area contributed by atoms with Crippen LogP contribution in [0, 0.1) is 5.92 Å². The standard InChI is InChI=1S/C16H24N4O3.2ClH/c1-10(2)15(17)16(22)18-9-14(21)19-11-4-5-13-12(8-11)20(3)6-7-23-13;;/h4-5,8,10,15H,6-7,9,17H2,1-3H3,(H,18,22)(H,19,21);2*1H/t15-;;/m0../s1. The number of rotatable bonds is 5. The van der Waals surface area contributed by atoms with Gasteiger partial charge >= 0.3 is 0 Å². The molecule has 0 unspecified atom stereocenters. The van der Waals surface area contributed by atoms with Gasteiger partial charge in [-0.25, -0.2) is 0 Å². The third kappa shape index (κ3) is 6.26. The lowest BCUT2D eigenvalue weighted by atomic mass is 10.1. The van der Waals surface area contributed by atoms with E-state index in [4.69, 9.17) is 10.5 Å². The first-order valence-corrected chi connectivity index (χ1v) is 7.69. The normalized spacial score (nSPS) is 13.6. The van der Waals surface area contributed by atoms with Crippen molar-refractivity contribution in [1.29, 1.82) is 0 Å². The van der Waals surface area contributed by atoms with E-state index in [-0.39, 0.29) is 49.1 Å². The predicted molar refractivity (Wildman–Crippen MR) is 104 cm³/mol. The van der Waals surface area contributed by atoms with Gasteiger partial charge in [0.15, 0.2) is 0 Å². The SMILES string of the molecule is CC(C)[C@H](N)C(=O)NCC(=O)Nc1ccc2c(c1)N(C)CCO2.Cl.Cl. The van der Waals surface area contributed by atoms with Gasteiger partial charge in [0.1, 0.15) is 12.4 Å². The second kappa shape index (κ2) is 10.3. The Morgan fingerprint density at radius 3 is 2.64 bits per heavy atom. The summed E-state index contributed by atoms with van der Waals surface area (Å²) in [6.45, 7) is 5.06. The smallest absolute Gasteiger partial charge is 0.243 e. The first-order chi connectivity index (χ1) is 10.9. The summed E-state index contributed by atoms with van der Waals surface area (Å²) in [5.41, 5.74) is 7.32. The van der Waals surface area contributed by atoms with Crippen molar-refractivity contribution in [2.75, 3.05) is 37.0 Å². The largest absolute Gasteiger partial charge is 0.490 e. The van der Waals surface area contributed by atoms with E-state index >= 15 is 0 Å². The first-order valence-electron chi connectivity index (χ1n) is 7.69. The number of carbonyl (C=O) groups excluding carboxylic acids is 2. The molecule has 0 radical (unpaired) electrons. The Bertz CT molecular complexity index is 599. The fourth-order valence-corrected chi connectivity index (χ4v) is 2.22. The van der Waals surface area contributed by atoms with Crippen LogP contribution in [0.1, 0.15) is 13.8 Å². The van der Waals surface area contributed by atoms with Crippen LogP contribution in [0.25, 0.3) is 0 Å². The zero-order chi connectivity index (χ0) is 17.0. The Labute approximate surface area is 160 Å². The van der Waals surface area contributed by atoms with Crippen LogP contribution in [0.5, 0.6) is 5.75 Å². The van der Waals surface area contributed by atoms with E-state index in [1.807, 2.05) is 33.0 Å². The molecule has 1 heterocycles. The Kier molecular flexibility index (Phi) is 9.62. The summed E-state index contributed by atoms with van der Waals surface area (Å²) >= 11 is 0. The molecule has 1 aliphatic rings. The zero-order valence-corrected chi connectivity index (χ0v) is 16.2. The van der Waals surface area contributed by atoms with Crippen LogP contribution in [-0.4, -0.2) is 44.6 Å². The molecule has 2 amide bonds. The molecular weight excluding hydrogens is 367 g/mol. The highest BCUT2D eigenvalue weighted by Gasteiger charge is 2.18. The lowest BCUT2D eigenvalue weighted by Gasteiger charge is -2.28. The van der Waals surface area contributed by atoms with Crippen molar-refractivity contribution in [3.05, 3.63) is 18.2 Å². The number of benzene rings is 1. The molecule has 0 saturated heterocycles. The summed E-state index contributed by atoms with van der Waals surface area (Å²) in [5, 5.41) is 5.30. The minimum absolute atomic E-state index is 0. The second-order valence-electron chi connectivity index (χ2n) is 5.99. The highest BCUT2D eigenvalue weighted by atomic mass is 35.5. The van der Waals surface area contributed by atoms with Crippen molar-refractivity contribution < 1.29 is 14.3 Å². The minimum atomic E-state index is -0.614. The van der Waals surface area contributed by atoms with Gasteiger partial charge in [0, 0.05) is 12.7 Å². The summed E-state index contributed by atoms with van der Waals surface area (Å²) in [4.78, 5) is 25.8. The van der Waals surface area contributed by atoms with Gasteiger partial charge in [-0.1, -0.05) is 13.8 Å². The molecule has 1 aromatic carbocycles. The number of hydrogen-bond donors (Lipinski definition) is 3. The Balaban J connectivity index is 0.00000288. The molecule has 4 N–H and O–H groups in total. The van der Waals surface area contributed by atoms with Crippen molar-refractivity contribution in [3.8, 4) is 5.75 Å². The summed E-state index contributed by atoms with van der Waals surface area (Å²) < 4.78 is 5.56. The molecule has 1 aliphatic heterocycles. The molecule has 7 nitrogen and oxygen atoms in total. The van der Waals surface area contributed by atoms with Gasteiger partial charge in [0.05, 0.1) is 24.8 Å². The molecule has 9 heteroatoms. The van der Waals surface area contributed by atoms with Crippen LogP contribution in [0.15, 0.2) is 18.2 Å². The van der Waals surface area contributed by atoms with Gasteiger partial charge in [0.2, 0.25) is 11.8 Å². The second-order valence-corrected chi connectivity index (χ2v) is 5.99. The number of amides is 2. The number of nitrogens with one attached hydrogen (secondary N) is 2. The van der Waals surface area contributed by atoms with Gasteiger partial charge in [-0.15, -0.1) is 24.8 Å². The highest BCUT2D eigenvalue weighted by Crippen LogP contribution is 2.33. The molecule has 0 bridgehead atoms. The zero-order valence-electron chi connectivity index (χ0n) is 14.6. The average Bonchev–Trinajstić information content (AvgIpc) is 2.52. The van der Waals surface area contributed by atoms with Crippen molar-refractivity contribution in [1.82, 2.24) is 5.32 Å². The van der Waals surface area contributed by atoms with Crippen LogP contribution < -0.4 is 26.0 Å². The van der Waals surface area contributed by atoms with Gasteiger partial charge < -0.3 is 26.0 Å². The number of nitrogens with zero attached hydrogens (tertiary/aromatic N) is 1. The summed E-state index contributed by atoms with van der Waals surface area (Å²) in [5.74, 6) is 0.199. The number of halogens is 2. The molecule has 2 rings (SSSR count). The molecule has 1 atom stereocenters. The van der Waals surface area contributed by atoms with Gasteiger partial charge in [-0.3, -0.25) is 9.59 Å². The number of nitrogens with two attached hydrogens (primary N) is 1. The molecular formula is C16H26Cl2N4O3. The third-order valence-electron chi connectivity index (χ3n) is 3.78. The van der Waals surface area contributed by atoms with E-state index < -0.39 is 6.04 Å². The molecule has 142 valence electrons. The van der Waals surface area contributed by atoms with Gasteiger partial charge in [-0.05, 0) is 24.1 Å². The van der Waals surface area contributed by atoms with E-state index in [2.05, 4.69) is 15.5 Å². The quantitative estimate of drug-likeness (QED) is 0.703. The van der Waals surface area contributed by atoms with E-state index in [0.717, 1.165) is 18.0 Å². The predicted octanol–water partition coefficient (Wildman–Crippen LogP) is 1.40. The molecule has 0 saturated carbocycles. The fraction of sp³-hybridized carbons (Fsp3) is 0.500. The number of ether oxygens (including phenoxy) is 1. The number of anilines is 2. The third-order valence-corrected chi connectivity index (χ3v) is 3.78. The van der Waals surface area contributed by atoms with Crippen LogP contribution in [0.4, 0.5) is 11.4 Å². The Hall–Kier alpha value is -1.70. The van der Waals surface area contributed by atoms with Crippen LogP contribution in [0.3, 0.4) is 0 Å². The van der Waals surface area contributed by atoms with Crippen LogP contribution in [0.2, 0.25) is 0 Å². The maximum Gasteiger partial charge on any atom is 0.243 e. The monoisotopic (exact) mass is 392 g/mol. The van der Waals surface area contributed by atoms with E-state index in [9.17, 15) is 9.59 Å². The average molecular weight is 393 g/mol. The van der Waals surface area contributed by atoms with Crippen molar-refractivity contribution in [2.45, 2.75) is 19.9 Å². The van der Waals surface area contributed by atoms with Gasteiger partial charge in [-0.2, -0.15) is 0 Å². The summed E-state index contributed by atoms with van der Waals surface area (Å²) in [7, 11) is 1.97. The maximum atomic E-state index is 11.9. The first kappa shape index (κ1) is 23.3. The van der Waals surface area contributed by atoms with Crippen molar-refractivity contribution >= 4 is 48.0 Å². The lowest BCUT2D eigenvalue weighted by Crippen LogP contribution is -2.46. The summed E-state index contributed by atoms with van der Waals surface area (Å²) in [6, 6.07) is 4.84. The molecule has 0 aliphatic carbocycles. The van der Waals surface area contributed by atoms with Crippen LogP contribution >= 0.6 is 24.8 Å². The number of likely N-dealkylation sites (N-methyl/N-ethyl adjacent to an activating group) is 1. The Morgan fingerprint density at radius 1 is 1.32 bits per heavy atom. The Morgan fingerprint density at radius 2 is 2.00 bits per heavy atom. The van der Waals surface area contributed by atoms with Crippen molar-refractivity contribution in [3.63, 3.8) is 0 Å². The van der Waals surface area contributed by atoms with Crippen LogP contribution in [-0.2, 0) is 9.59 Å². The molecule has 0 fully saturated rings. The molecule has 1 aromatic rings. The molecule has 0 aromatic heterocycles. The molecule has 0 spiro atoms. The van der Waals surface area contributed by atoms with E-state index in [1.54, 1.807) is 6.07 Å². The van der Waals surface area contributed by atoms with E-state index in [1.165, 1.54) is 0 Å². The summed E-state index contributed by atoms with van der Waals surface area (Å²) in [6.07, 6.45) is 0. The maximum absolute atomic E-state index is 11.9. The fourth-order valence-electron chi connectivity index (χ4n) is 2.22. The van der Waals surface area contributed by atoms with Crippen molar-refractivity contribution in [2.24, 2.45) is 11.7 Å². The minimum Gasteiger partial charge on any atom is -0.490 e. The van der Waals surface area contributed by atoms with E-state index in [0.29, 0.717) is 12.3 Å². The number of carbonyl (C=O) groups is 2. The highest BCUT2D eigenvalue weighted by molar-refractivity contribution is 5.95. The number of hydrogen-bond acceptors (Lipinski definition) is 5.